The number of hydrogen-bond acceptors (Lipinski definition) is 2. The van der Waals surface area contributed by atoms with Crippen molar-refractivity contribution >= 4 is 11.5 Å². The Balaban J connectivity index is 2.54. The van der Waals surface area contributed by atoms with Crippen molar-refractivity contribution in [1.29, 1.82) is 5.26 Å². The van der Waals surface area contributed by atoms with E-state index in [0.29, 0.717) is 5.57 Å². The monoisotopic (exact) mass is 213 g/mol. The molecular weight excluding hydrogens is 202 g/mol. The minimum atomic E-state index is -1.13. The summed E-state index contributed by atoms with van der Waals surface area (Å²) in [6, 6.07) is 11.1. The first-order valence-electron chi connectivity index (χ1n) is 5.17. The van der Waals surface area contributed by atoms with E-state index >= 15 is 0 Å². The highest BCUT2D eigenvalue weighted by atomic mass is 16.4. The van der Waals surface area contributed by atoms with Gasteiger partial charge in [-0.15, -0.1) is 0 Å². The van der Waals surface area contributed by atoms with Crippen molar-refractivity contribution in [2.24, 2.45) is 5.92 Å². The molecule has 0 atom stereocenters. The zero-order valence-electron chi connectivity index (χ0n) is 8.68. The van der Waals surface area contributed by atoms with E-state index in [2.05, 4.69) is 0 Å². The first kappa shape index (κ1) is 10.4. The summed E-state index contributed by atoms with van der Waals surface area (Å²) in [7, 11) is 0. The zero-order chi connectivity index (χ0) is 11.5. The van der Waals surface area contributed by atoms with Crippen LogP contribution < -0.4 is 0 Å². The molecular formula is C13H11NO2. The Labute approximate surface area is 93.6 Å². The quantitative estimate of drug-likeness (QED) is 0.619. The fraction of sp³-hybridized carbons (Fsp3) is 0.231. The molecule has 1 aromatic rings. The van der Waals surface area contributed by atoms with E-state index < -0.39 is 5.97 Å². The first-order chi connectivity index (χ1) is 7.74. The lowest BCUT2D eigenvalue weighted by molar-refractivity contribution is -0.132. The van der Waals surface area contributed by atoms with Gasteiger partial charge in [-0.2, -0.15) is 5.26 Å². The summed E-state index contributed by atoms with van der Waals surface area (Å²) in [6.45, 7) is 0. The van der Waals surface area contributed by atoms with Gasteiger partial charge in [0.15, 0.2) is 0 Å². The van der Waals surface area contributed by atoms with Gasteiger partial charge in [-0.05, 0) is 29.9 Å². The van der Waals surface area contributed by atoms with E-state index in [1.165, 1.54) is 0 Å². The highest BCUT2D eigenvalue weighted by Gasteiger charge is 2.31. The Morgan fingerprint density at radius 1 is 1.31 bits per heavy atom. The van der Waals surface area contributed by atoms with Gasteiger partial charge in [-0.25, -0.2) is 4.79 Å². The van der Waals surface area contributed by atoms with Crippen molar-refractivity contribution in [2.75, 3.05) is 0 Å². The third-order valence-corrected chi connectivity index (χ3v) is 2.67. The van der Waals surface area contributed by atoms with Crippen LogP contribution in [0.5, 0.6) is 0 Å². The SMILES string of the molecule is N#CC(C(=O)O)=C(c1ccccc1)C1CC1. The van der Waals surface area contributed by atoms with Crippen LogP contribution in [0.25, 0.3) is 5.57 Å². The summed E-state index contributed by atoms with van der Waals surface area (Å²) >= 11 is 0. The number of carboxylic acids is 1. The molecule has 3 heteroatoms. The molecule has 1 aromatic carbocycles. The standard InChI is InChI=1S/C13H11NO2/c14-8-11(13(15)16)12(10-6-7-10)9-4-2-1-3-5-9/h1-5,10H,6-7H2,(H,15,16). The van der Waals surface area contributed by atoms with Gasteiger partial charge >= 0.3 is 5.97 Å². The minimum Gasteiger partial charge on any atom is -0.477 e. The van der Waals surface area contributed by atoms with Gasteiger partial charge in [0.2, 0.25) is 0 Å². The molecule has 0 heterocycles. The predicted octanol–water partition coefficient (Wildman–Crippen LogP) is 2.46. The molecule has 1 fully saturated rings. The predicted molar refractivity (Wildman–Crippen MR) is 59.3 cm³/mol. The molecule has 2 rings (SSSR count). The number of nitrogens with zero attached hydrogens (tertiary/aromatic N) is 1. The normalized spacial score (nSPS) is 16.2. The molecule has 80 valence electrons. The molecule has 0 spiro atoms. The van der Waals surface area contributed by atoms with Crippen LogP contribution >= 0.6 is 0 Å². The van der Waals surface area contributed by atoms with E-state index in [1.807, 2.05) is 30.3 Å². The fourth-order valence-electron chi connectivity index (χ4n) is 1.80. The molecule has 16 heavy (non-hydrogen) atoms. The van der Waals surface area contributed by atoms with Gasteiger partial charge in [-0.1, -0.05) is 30.3 Å². The van der Waals surface area contributed by atoms with Crippen molar-refractivity contribution in [3.05, 3.63) is 41.5 Å². The lowest BCUT2D eigenvalue weighted by Crippen LogP contribution is -2.03. The lowest BCUT2D eigenvalue weighted by Gasteiger charge is -2.07. The Morgan fingerprint density at radius 2 is 1.94 bits per heavy atom. The van der Waals surface area contributed by atoms with Crippen LogP contribution in [0.15, 0.2) is 35.9 Å². The molecule has 1 aliphatic rings. The molecule has 1 aliphatic carbocycles. The van der Waals surface area contributed by atoms with E-state index in [0.717, 1.165) is 18.4 Å². The van der Waals surface area contributed by atoms with Gasteiger partial charge < -0.3 is 5.11 Å². The summed E-state index contributed by atoms with van der Waals surface area (Å²) in [6.07, 6.45) is 1.95. The maximum atomic E-state index is 11.0. The van der Waals surface area contributed by atoms with Crippen LogP contribution in [0.2, 0.25) is 0 Å². The Bertz CT molecular complexity index is 478. The van der Waals surface area contributed by atoms with Gasteiger partial charge in [-0.3, -0.25) is 0 Å². The average molecular weight is 213 g/mol. The third-order valence-electron chi connectivity index (χ3n) is 2.67. The smallest absolute Gasteiger partial charge is 0.346 e. The second kappa shape index (κ2) is 4.19. The Morgan fingerprint density at radius 3 is 2.38 bits per heavy atom. The second-order valence-electron chi connectivity index (χ2n) is 3.85. The summed E-state index contributed by atoms with van der Waals surface area (Å²) in [5.41, 5.74) is 1.42. The molecule has 1 N–H and O–H groups in total. The summed E-state index contributed by atoms with van der Waals surface area (Å²) in [5, 5.41) is 17.9. The average Bonchev–Trinajstić information content (AvgIpc) is 3.10. The number of nitriles is 1. The van der Waals surface area contributed by atoms with Crippen molar-refractivity contribution < 1.29 is 9.90 Å². The number of hydrogen-bond donors (Lipinski definition) is 1. The summed E-state index contributed by atoms with van der Waals surface area (Å²) in [4.78, 5) is 11.0. The van der Waals surface area contributed by atoms with E-state index in [9.17, 15) is 4.79 Å². The van der Waals surface area contributed by atoms with E-state index in [4.69, 9.17) is 10.4 Å². The lowest BCUT2D eigenvalue weighted by atomic mass is 9.96. The number of allylic oxidation sites excluding steroid dienone is 1. The molecule has 1 saturated carbocycles. The van der Waals surface area contributed by atoms with Crippen LogP contribution in [0.4, 0.5) is 0 Å². The molecule has 0 aromatic heterocycles. The molecule has 0 saturated heterocycles. The second-order valence-corrected chi connectivity index (χ2v) is 3.85. The van der Waals surface area contributed by atoms with Crippen LogP contribution in [-0.2, 0) is 4.79 Å². The topological polar surface area (TPSA) is 61.1 Å². The molecule has 0 radical (unpaired) electrons. The zero-order valence-corrected chi connectivity index (χ0v) is 8.68. The number of rotatable bonds is 3. The van der Waals surface area contributed by atoms with Gasteiger partial charge in [0.1, 0.15) is 11.6 Å². The van der Waals surface area contributed by atoms with Crippen LogP contribution in [0, 0.1) is 17.2 Å². The van der Waals surface area contributed by atoms with Crippen molar-refractivity contribution in [3.8, 4) is 6.07 Å². The first-order valence-corrected chi connectivity index (χ1v) is 5.17. The number of aliphatic carboxylic acids is 1. The van der Waals surface area contributed by atoms with Crippen molar-refractivity contribution in [1.82, 2.24) is 0 Å². The molecule has 0 amide bonds. The van der Waals surface area contributed by atoms with Gasteiger partial charge in [0.05, 0.1) is 0 Å². The van der Waals surface area contributed by atoms with E-state index in [1.54, 1.807) is 6.07 Å². The van der Waals surface area contributed by atoms with Crippen molar-refractivity contribution in [3.63, 3.8) is 0 Å². The minimum absolute atomic E-state index is 0.117. The third kappa shape index (κ3) is 1.96. The highest BCUT2D eigenvalue weighted by Crippen LogP contribution is 2.43. The van der Waals surface area contributed by atoms with Gasteiger partial charge in [0.25, 0.3) is 0 Å². The molecule has 3 nitrogen and oxygen atoms in total. The fourth-order valence-corrected chi connectivity index (χ4v) is 1.80. The van der Waals surface area contributed by atoms with Crippen LogP contribution in [0.1, 0.15) is 18.4 Å². The van der Waals surface area contributed by atoms with Crippen LogP contribution in [0.3, 0.4) is 0 Å². The van der Waals surface area contributed by atoms with Crippen molar-refractivity contribution in [2.45, 2.75) is 12.8 Å². The van der Waals surface area contributed by atoms with Crippen LogP contribution in [-0.4, -0.2) is 11.1 Å². The van der Waals surface area contributed by atoms with Gasteiger partial charge in [0, 0.05) is 0 Å². The Hall–Kier alpha value is -2.08. The maximum Gasteiger partial charge on any atom is 0.346 e. The Kier molecular flexibility index (Phi) is 2.74. The number of carbonyl (C=O) groups is 1. The molecule has 0 unspecified atom stereocenters. The largest absolute Gasteiger partial charge is 0.477 e. The van der Waals surface area contributed by atoms with E-state index in [-0.39, 0.29) is 11.5 Å². The molecule has 0 bridgehead atoms. The maximum absolute atomic E-state index is 11.0. The molecule has 0 aliphatic heterocycles. The highest BCUT2D eigenvalue weighted by molar-refractivity contribution is 6.01. The summed E-state index contributed by atoms with van der Waals surface area (Å²) < 4.78 is 0. The number of benzene rings is 1. The number of carboxylic acid groups (broad SMARTS) is 1. The summed E-state index contributed by atoms with van der Waals surface area (Å²) in [5.74, 6) is -0.888.